The number of piperazine rings is 1. The third-order valence-corrected chi connectivity index (χ3v) is 6.50. The average Bonchev–Trinajstić information content (AvgIpc) is 2.88. The summed E-state index contributed by atoms with van der Waals surface area (Å²) in [6, 6.07) is 22.8. The minimum absolute atomic E-state index is 0.0815. The molecule has 7 heteroatoms. The number of rotatable bonds is 3. The van der Waals surface area contributed by atoms with Crippen molar-refractivity contribution in [3.63, 3.8) is 0 Å². The Morgan fingerprint density at radius 3 is 2.26 bits per heavy atom. The van der Waals surface area contributed by atoms with Gasteiger partial charge in [0.25, 0.3) is 5.91 Å². The predicted molar refractivity (Wildman–Crippen MR) is 131 cm³/mol. The summed E-state index contributed by atoms with van der Waals surface area (Å²) in [5.74, 6) is -0.0815. The van der Waals surface area contributed by atoms with Gasteiger partial charge in [0.05, 0.1) is 22.3 Å². The number of aromatic nitrogens is 1. The molecule has 1 fully saturated rings. The van der Waals surface area contributed by atoms with Gasteiger partial charge in [0, 0.05) is 42.8 Å². The van der Waals surface area contributed by atoms with E-state index in [0.717, 1.165) is 33.8 Å². The van der Waals surface area contributed by atoms with E-state index in [-0.39, 0.29) is 5.91 Å². The Hall–Kier alpha value is -3.87. The van der Waals surface area contributed by atoms with Crippen molar-refractivity contribution in [2.75, 3.05) is 31.1 Å². The largest absolute Gasteiger partial charge is 0.416 e. The molecule has 5 rings (SSSR count). The highest BCUT2D eigenvalue weighted by molar-refractivity contribution is 6.09. The Bertz CT molecular complexity index is 1380. The number of alkyl halides is 3. The fourth-order valence-electron chi connectivity index (χ4n) is 4.66. The first-order valence-electron chi connectivity index (χ1n) is 11.5. The van der Waals surface area contributed by atoms with Crippen LogP contribution in [-0.4, -0.2) is 42.0 Å². The van der Waals surface area contributed by atoms with Gasteiger partial charge in [0.2, 0.25) is 0 Å². The van der Waals surface area contributed by atoms with Crippen LogP contribution >= 0.6 is 0 Å². The zero-order chi connectivity index (χ0) is 24.6. The highest BCUT2D eigenvalue weighted by Gasteiger charge is 2.32. The maximum Gasteiger partial charge on any atom is 0.416 e. The fraction of sp³-hybridized carbons (Fsp3) is 0.214. The number of fused-ring (bicyclic) bond motifs is 1. The predicted octanol–water partition coefficient (Wildman–Crippen LogP) is 6.19. The van der Waals surface area contributed by atoms with Crippen LogP contribution in [-0.2, 0) is 6.18 Å². The summed E-state index contributed by atoms with van der Waals surface area (Å²) in [6.07, 6.45) is -4.38. The molecule has 0 unspecified atom stereocenters. The molecule has 35 heavy (non-hydrogen) atoms. The van der Waals surface area contributed by atoms with Crippen molar-refractivity contribution in [2.45, 2.75) is 13.1 Å². The van der Waals surface area contributed by atoms with Crippen LogP contribution in [0, 0.1) is 6.92 Å². The second kappa shape index (κ2) is 9.06. The van der Waals surface area contributed by atoms with Gasteiger partial charge >= 0.3 is 6.18 Å². The molecule has 1 aromatic heterocycles. The minimum atomic E-state index is -4.38. The van der Waals surface area contributed by atoms with Gasteiger partial charge in [-0.15, -0.1) is 0 Å². The number of carbonyl (C=O) groups is 1. The van der Waals surface area contributed by atoms with Crippen LogP contribution in [0.3, 0.4) is 0 Å². The molecule has 0 aliphatic carbocycles. The van der Waals surface area contributed by atoms with E-state index < -0.39 is 11.7 Å². The van der Waals surface area contributed by atoms with Crippen LogP contribution in [0.1, 0.15) is 21.5 Å². The summed E-state index contributed by atoms with van der Waals surface area (Å²) >= 11 is 0. The molecule has 0 spiro atoms. The number of carbonyl (C=O) groups excluding carboxylic acids is 1. The number of benzene rings is 3. The van der Waals surface area contributed by atoms with E-state index in [1.165, 1.54) is 12.1 Å². The van der Waals surface area contributed by atoms with Gasteiger partial charge in [0.1, 0.15) is 0 Å². The van der Waals surface area contributed by atoms with E-state index in [1.807, 2.05) is 66.4 Å². The second-order valence-corrected chi connectivity index (χ2v) is 8.67. The van der Waals surface area contributed by atoms with Crippen molar-refractivity contribution in [3.05, 3.63) is 95.6 Å². The standard InChI is InChI=1S/C28H24F3N3O/c1-19-25(23-12-5-6-13-24(23)32-26(19)20-8-3-2-4-9-20)27(35)34-16-14-33(15-17-34)22-11-7-10-21(18-22)28(29,30)31/h2-13,18H,14-17H2,1H3. The second-order valence-electron chi connectivity index (χ2n) is 8.67. The first-order valence-corrected chi connectivity index (χ1v) is 11.5. The summed E-state index contributed by atoms with van der Waals surface area (Å²) < 4.78 is 39.4. The SMILES string of the molecule is Cc1c(-c2ccccc2)nc2ccccc2c1C(=O)N1CCN(c2cccc(C(F)(F)F)c2)CC1. The van der Waals surface area contributed by atoms with Crippen molar-refractivity contribution < 1.29 is 18.0 Å². The van der Waals surface area contributed by atoms with Crippen molar-refractivity contribution in [3.8, 4) is 11.3 Å². The van der Waals surface area contributed by atoms with Gasteiger partial charge in [-0.05, 0) is 36.8 Å². The van der Waals surface area contributed by atoms with Crippen LogP contribution < -0.4 is 4.90 Å². The van der Waals surface area contributed by atoms with E-state index in [2.05, 4.69) is 0 Å². The van der Waals surface area contributed by atoms with Gasteiger partial charge in [-0.3, -0.25) is 4.79 Å². The molecule has 4 nitrogen and oxygen atoms in total. The molecule has 1 saturated heterocycles. The van der Waals surface area contributed by atoms with E-state index in [0.29, 0.717) is 37.4 Å². The maximum absolute atomic E-state index is 13.8. The Labute approximate surface area is 201 Å². The third kappa shape index (κ3) is 4.46. The number of para-hydroxylation sites is 1. The molecule has 2 heterocycles. The molecular formula is C28H24F3N3O. The fourth-order valence-corrected chi connectivity index (χ4v) is 4.66. The lowest BCUT2D eigenvalue weighted by Crippen LogP contribution is -2.49. The highest BCUT2D eigenvalue weighted by Crippen LogP contribution is 2.33. The number of pyridine rings is 1. The molecule has 0 atom stereocenters. The maximum atomic E-state index is 13.8. The topological polar surface area (TPSA) is 36.4 Å². The number of nitrogens with zero attached hydrogens (tertiary/aromatic N) is 3. The molecule has 0 N–H and O–H groups in total. The molecule has 1 aliphatic rings. The van der Waals surface area contributed by atoms with Crippen LogP contribution in [0.25, 0.3) is 22.2 Å². The van der Waals surface area contributed by atoms with Gasteiger partial charge in [-0.2, -0.15) is 13.2 Å². The van der Waals surface area contributed by atoms with E-state index in [4.69, 9.17) is 4.98 Å². The molecule has 178 valence electrons. The normalized spacial score (nSPS) is 14.4. The number of halogens is 3. The molecule has 3 aromatic carbocycles. The van der Waals surface area contributed by atoms with Crippen molar-refractivity contribution in [1.82, 2.24) is 9.88 Å². The summed E-state index contributed by atoms with van der Waals surface area (Å²) in [5.41, 5.74) is 3.77. The zero-order valence-corrected chi connectivity index (χ0v) is 19.2. The summed E-state index contributed by atoms with van der Waals surface area (Å²) in [6.45, 7) is 3.69. The molecular weight excluding hydrogens is 451 g/mol. The highest BCUT2D eigenvalue weighted by atomic mass is 19.4. The lowest BCUT2D eigenvalue weighted by atomic mass is 9.96. The van der Waals surface area contributed by atoms with Crippen molar-refractivity contribution >= 4 is 22.5 Å². The summed E-state index contributed by atoms with van der Waals surface area (Å²) in [4.78, 5) is 22.3. The molecule has 1 aliphatic heterocycles. The van der Waals surface area contributed by atoms with Crippen LogP contribution in [0.2, 0.25) is 0 Å². The van der Waals surface area contributed by atoms with Crippen LogP contribution in [0.15, 0.2) is 78.9 Å². The van der Waals surface area contributed by atoms with Gasteiger partial charge in [0.15, 0.2) is 0 Å². The van der Waals surface area contributed by atoms with Crippen molar-refractivity contribution in [1.29, 1.82) is 0 Å². The lowest BCUT2D eigenvalue weighted by molar-refractivity contribution is -0.137. The Balaban J connectivity index is 1.43. The van der Waals surface area contributed by atoms with Gasteiger partial charge in [-0.25, -0.2) is 4.98 Å². The average molecular weight is 476 g/mol. The van der Waals surface area contributed by atoms with E-state index in [1.54, 1.807) is 11.0 Å². The Morgan fingerprint density at radius 1 is 0.857 bits per heavy atom. The first kappa shape index (κ1) is 22.9. The minimum Gasteiger partial charge on any atom is -0.368 e. The lowest BCUT2D eigenvalue weighted by Gasteiger charge is -2.36. The first-order chi connectivity index (χ1) is 16.8. The number of hydrogen-bond donors (Lipinski definition) is 0. The third-order valence-electron chi connectivity index (χ3n) is 6.50. The summed E-state index contributed by atoms with van der Waals surface area (Å²) in [7, 11) is 0. The quantitative estimate of drug-likeness (QED) is 0.354. The smallest absolute Gasteiger partial charge is 0.368 e. The number of hydrogen-bond acceptors (Lipinski definition) is 3. The van der Waals surface area contributed by atoms with Crippen LogP contribution in [0.4, 0.5) is 18.9 Å². The zero-order valence-electron chi connectivity index (χ0n) is 19.2. The number of amides is 1. The van der Waals surface area contributed by atoms with Crippen molar-refractivity contribution in [2.24, 2.45) is 0 Å². The van der Waals surface area contributed by atoms with Crippen LogP contribution in [0.5, 0.6) is 0 Å². The molecule has 0 bridgehead atoms. The monoisotopic (exact) mass is 475 g/mol. The molecule has 0 radical (unpaired) electrons. The molecule has 1 amide bonds. The Kier molecular flexibility index (Phi) is 5.93. The number of anilines is 1. The Morgan fingerprint density at radius 2 is 1.54 bits per heavy atom. The van der Waals surface area contributed by atoms with Gasteiger partial charge < -0.3 is 9.80 Å². The van der Waals surface area contributed by atoms with Gasteiger partial charge in [-0.1, -0.05) is 54.6 Å². The van der Waals surface area contributed by atoms with E-state index >= 15 is 0 Å². The molecule has 4 aromatic rings. The van der Waals surface area contributed by atoms with E-state index in [9.17, 15) is 18.0 Å². The summed E-state index contributed by atoms with van der Waals surface area (Å²) in [5, 5.41) is 0.801. The molecule has 0 saturated carbocycles.